The van der Waals surface area contributed by atoms with E-state index in [4.69, 9.17) is 9.47 Å². The number of amides is 1. The summed E-state index contributed by atoms with van der Waals surface area (Å²) in [6.07, 6.45) is 3.51. The van der Waals surface area contributed by atoms with Gasteiger partial charge in [-0.15, -0.1) is 0 Å². The smallest absolute Gasteiger partial charge is 0.410 e. The van der Waals surface area contributed by atoms with Crippen LogP contribution in [0.25, 0.3) is 11.1 Å². The molecule has 2 aliphatic heterocycles. The SMILES string of the molecule is O=C(O)COC1(c2ccc(Br)cc2)CC2CCCC(C1)N2C(=O)OCC1c2ccccc2-c2ccccc21. The molecule has 2 saturated heterocycles. The summed E-state index contributed by atoms with van der Waals surface area (Å²) >= 11 is 3.49. The van der Waals surface area contributed by atoms with Crippen LogP contribution in [0.3, 0.4) is 0 Å². The van der Waals surface area contributed by atoms with Crippen LogP contribution in [0, 0.1) is 0 Å². The minimum Gasteiger partial charge on any atom is -0.480 e. The van der Waals surface area contributed by atoms with Crippen molar-refractivity contribution in [1.82, 2.24) is 4.90 Å². The first-order valence-electron chi connectivity index (χ1n) is 13.2. The Morgan fingerprint density at radius 1 is 0.895 bits per heavy atom. The van der Waals surface area contributed by atoms with Crippen molar-refractivity contribution < 1.29 is 24.2 Å². The summed E-state index contributed by atoms with van der Waals surface area (Å²) in [6, 6.07) is 24.4. The third-order valence-corrected chi connectivity index (χ3v) is 8.91. The van der Waals surface area contributed by atoms with Gasteiger partial charge in [-0.2, -0.15) is 0 Å². The van der Waals surface area contributed by atoms with Gasteiger partial charge in [0.2, 0.25) is 0 Å². The van der Waals surface area contributed by atoms with Crippen LogP contribution in [0.15, 0.2) is 77.3 Å². The number of carboxylic acid groups (broad SMARTS) is 1. The summed E-state index contributed by atoms with van der Waals surface area (Å²) in [6.45, 7) is -0.0867. The van der Waals surface area contributed by atoms with Crippen LogP contribution in [-0.2, 0) is 19.9 Å². The number of halogens is 1. The second-order valence-corrected chi connectivity index (χ2v) is 11.5. The Morgan fingerprint density at radius 2 is 1.47 bits per heavy atom. The normalized spacial score (nSPS) is 24.0. The van der Waals surface area contributed by atoms with Gasteiger partial charge in [0.1, 0.15) is 13.2 Å². The first-order valence-corrected chi connectivity index (χ1v) is 14.0. The van der Waals surface area contributed by atoms with Gasteiger partial charge in [0, 0.05) is 35.3 Å². The molecule has 6 nitrogen and oxygen atoms in total. The van der Waals surface area contributed by atoms with Crippen LogP contribution >= 0.6 is 15.9 Å². The summed E-state index contributed by atoms with van der Waals surface area (Å²) in [5.74, 6) is -0.984. The van der Waals surface area contributed by atoms with Gasteiger partial charge < -0.3 is 19.5 Å². The maximum Gasteiger partial charge on any atom is 0.410 e. The van der Waals surface area contributed by atoms with Gasteiger partial charge in [-0.1, -0.05) is 76.6 Å². The number of aliphatic carboxylic acids is 1. The van der Waals surface area contributed by atoms with Crippen LogP contribution in [0.5, 0.6) is 0 Å². The van der Waals surface area contributed by atoms with Crippen molar-refractivity contribution in [3.63, 3.8) is 0 Å². The van der Waals surface area contributed by atoms with E-state index in [0.29, 0.717) is 12.8 Å². The Kier molecular flexibility index (Phi) is 6.74. The van der Waals surface area contributed by atoms with Crippen molar-refractivity contribution in [2.45, 2.75) is 55.7 Å². The van der Waals surface area contributed by atoms with Gasteiger partial charge in [-0.05, 0) is 59.2 Å². The zero-order chi connectivity index (χ0) is 26.3. The fraction of sp³-hybridized carbons (Fsp3) is 0.355. The minimum atomic E-state index is -0.995. The lowest BCUT2D eigenvalue weighted by molar-refractivity contribution is -0.163. The van der Waals surface area contributed by atoms with E-state index in [1.807, 2.05) is 53.4 Å². The molecule has 1 N–H and O–H groups in total. The summed E-state index contributed by atoms with van der Waals surface area (Å²) < 4.78 is 13.1. The van der Waals surface area contributed by atoms with Crippen LogP contribution in [0.4, 0.5) is 4.79 Å². The molecule has 3 aromatic rings. The lowest BCUT2D eigenvalue weighted by Gasteiger charge is -2.53. The fourth-order valence-electron chi connectivity index (χ4n) is 6.77. The average molecular weight is 576 g/mol. The average Bonchev–Trinajstić information content (AvgIpc) is 3.24. The molecule has 2 fully saturated rings. The molecule has 196 valence electrons. The summed E-state index contributed by atoms with van der Waals surface area (Å²) in [7, 11) is 0. The molecule has 1 aliphatic carbocycles. The number of carbonyl (C=O) groups excluding carboxylic acids is 1. The number of nitrogens with zero attached hydrogens (tertiary/aromatic N) is 1. The Balaban J connectivity index is 1.22. The van der Waals surface area contributed by atoms with Crippen LogP contribution < -0.4 is 0 Å². The first kappa shape index (κ1) is 25.1. The molecular weight excluding hydrogens is 546 g/mol. The van der Waals surface area contributed by atoms with Gasteiger partial charge in [0.15, 0.2) is 0 Å². The summed E-state index contributed by atoms with van der Waals surface area (Å²) in [5.41, 5.74) is 4.98. The van der Waals surface area contributed by atoms with Crippen molar-refractivity contribution in [2.75, 3.05) is 13.2 Å². The lowest BCUT2D eigenvalue weighted by atomic mass is 9.72. The number of rotatable bonds is 6. The fourth-order valence-corrected chi connectivity index (χ4v) is 7.03. The van der Waals surface area contributed by atoms with Gasteiger partial charge in [0.05, 0.1) is 5.60 Å². The summed E-state index contributed by atoms with van der Waals surface area (Å²) in [5, 5.41) is 9.39. The molecule has 2 bridgehead atoms. The lowest BCUT2D eigenvalue weighted by Crippen LogP contribution is -2.59. The van der Waals surface area contributed by atoms with Crippen molar-refractivity contribution in [2.24, 2.45) is 0 Å². The number of hydrogen-bond donors (Lipinski definition) is 1. The molecule has 7 heteroatoms. The number of carboxylic acids is 1. The Labute approximate surface area is 230 Å². The topological polar surface area (TPSA) is 76.1 Å². The molecule has 1 amide bonds. The molecule has 2 atom stereocenters. The minimum absolute atomic E-state index is 0.0109. The Morgan fingerprint density at radius 3 is 2.05 bits per heavy atom. The molecule has 2 unspecified atom stereocenters. The molecular formula is C31H30BrNO5. The molecule has 0 radical (unpaired) electrons. The highest BCUT2D eigenvalue weighted by Gasteiger charge is 2.50. The van der Waals surface area contributed by atoms with E-state index >= 15 is 0 Å². The van der Waals surface area contributed by atoms with E-state index in [-0.39, 0.29) is 37.3 Å². The van der Waals surface area contributed by atoms with Crippen molar-refractivity contribution in [3.8, 4) is 11.1 Å². The quantitative estimate of drug-likeness (QED) is 0.353. The van der Waals surface area contributed by atoms with Gasteiger partial charge >= 0.3 is 12.1 Å². The highest BCUT2D eigenvalue weighted by molar-refractivity contribution is 9.10. The van der Waals surface area contributed by atoms with Gasteiger partial charge in [-0.25, -0.2) is 9.59 Å². The first-order chi connectivity index (χ1) is 18.4. The Hall–Kier alpha value is -3.16. The predicted molar refractivity (Wildman–Crippen MR) is 147 cm³/mol. The third-order valence-electron chi connectivity index (χ3n) is 8.38. The molecule has 38 heavy (non-hydrogen) atoms. The van der Waals surface area contributed by atoms with E-state index < -0.39 is 11.6 Å². The number of piperidine rings is 2. The molecule has 0 spiro atoms. The Bertz CT molecular complexity index is 1300. The van der Waals surface area contributed by atoms with E-state index in [1.54, 1.807) is 0 Å². The zero-order valence-corrected chi connectivity index (χ0v) is 22.6. The highest BCUT2D eigenvalue weighted by atomic mass is 79.9. The van der Waals surface area contributed by atoms with Gasteiger partial charge in [-0.3, -0.25) is 0 Å². The maximum atomic E-state index is 13.6. The number of ether oxygens (including phenoxy) is 2. The largest absolute Gasteiger partial charge is 0.480 e. The van der Waals surface area contributed by atoms with Crippen LogP contribution in [-0.4, -0.2) is 47.4 Å². The van der Waals surface area contributed by atoms with E-state index in [9.17, 15) is 14.7 Å². The number of benzene rings is 3. The van der Waals surface area contributed by atoms with Gasteiger partial charge in [0.25, 0.3) is 0 Å². The van der Waals surface area contributed by atoms with Crippen LogP contribution in [0.1, 0.15) is 54.7 Å². The second-order valence-electron chi connectivity index (χ2n) is 10.5. The third kappa shape index (κ3) is 4.52. The predicted octanol–water partition coefficient (Wildman–Crippen LogP) is 6.71. The van der Waals surface area contributed by atoms with Crippen molar-refractivity contribution in [1.29, 1.82) is 0 Å². The van der Waals surface area contributed by atoms with Crippen molar-refractivity contribution in [3.05, 3.63) is 94.0 Å². The van der Waals surface area contributed by atoms with E-state index in [2.05, 4.69) is 40.2 Å². The molecule has 3 aliphatic rings. The van der Waals surface area contributed by atoms with Crippen molar-refractivity contribution >= 4 is 28.0 Å². The van der Waals surface area contributed by atoms with Crippen LogP contribution in [0.2, 0.25) is 0 Å². The van der Waals surface area contributed by atoms with E-state index in [1.165, 1.54) is 22.3 Å². The standard InChI is InChI=1S/C31H30BrNO5/c32-21-14-12-20(13-15-21)31(38-19-29(34)35)16-22-6-5-7-23(17-31)33(22)30(36)37-18-28-26-10-3-1-8-24(26)25-9-2-4-11-27(25)28/h1-4,8-15,22-23,28H,5-7,16-19H2,(H,34,35). The second kappa shape index (κ2) is 10.2. The molecule has 6 rings (SSSR count). The number of fused-ring (bicyclic) bond motifs is 5. The monoisotopic (exact) mass is 575 g/mol. The molecule has 2 heterocycles. The highest BCUT2D eigenvalue weighted by Crippen LogP contribution is 2.48. The van der Waals surface area contributed by atoms with E-state index in [0.717, 1.165) is 29.3 Å². The number of carbonyl (C=O) groups is 2. The zero-order valence-electron chi connectivity index (χ0n) is 21.0. The molecule has 0 aromatic heterocycles. The molecule has 3 aromatic carbocycles. The molecule has 0 saturated carbocycles. The number of hydrogen-bond acceptors (Lipinski definition) is 4. The maximum absolute atomic E-state index is 13.6. The summed E-state index contributed by atoms with van der Waals surface area (Å²) in [4.78, 5) is 27.0.